The quantitative estimate of drug-likeness (QED) is 0.452. The van der Waals surface area contributed by atoms with Gasteiger partial charge in [-0.15, -0.1) is 23.2 Å². The van der Waals surface area contributed by atoms with Crippen LogP contribution in [0.3, 0.4) is 0 Å². The van der Waals surface area contributed by atoms with Crippen molar-refractivity contribution in [1.82, 2.24) is 0 Å². The lowest BCUT2D eigenvalue weighted by molar-refractivity contribution is 0.888. The SMILES string of the molecule is ClC1CCCC1Cl. The van der Waals surface area contributed by atoms with Crippen molar-refractivity contribution in [3.63, 3.8) is 0 Å². The molecule has 0 spiro atoms. The zero-order valence-corrected chi connectivity index (χ0v) is 5.54. The highest BCUT2D eigenvalue weighted by atomic mass is 35.5. The molecule has 0 aromatic rings. The molecule has 2 heteroatoms. The Morgan fingerprint density at radius 2 is 1.43 bits per heavy atom. The highest BCUT2D eigenvalue weighted by Gasteiger charge is 2.22. The topological polar surface area (TPSA) is 0 Å². The largest absolute Gasteiger partial charge is 0.121 e. The summed E-state index contributed by atoms with van der Waals surface area (Å²) in [6, 6.07) is 0. The van der Waals surface area contributed by atoms with Gasteiger partial charge in [0.25, 0.3) is 0 Å². The monoisotopic (exact) mass is 138 g/mol. The second-order valence-corrected chi connectivity index (χ2v) is 3.08. The summed E-state index contributed by atoms with van der Waals surface area (Å²) in [4.78, 5) is 0. The Balaban J connectivity index is 2.33. The first kappa shape index (κ1) is 5.71. The molecule has 2 unspecified atom stereocenters. The predicted octanol–water partition coefficient (Wildman–Crippen LogP) is 2.39. The Bertz CT molecular complexity index is 55.1. The lowest BCUT2D eigenvalue weighted by Crippen LogP contribution is -2.03. The fourth-order valence-electron chi connectivity index (χ4n) is 0.870. The number of hydrogen-bond acceptors (Lipinski definition) is 0. The molecule has 0 N–H and O–H groups in total. The molecule has 7 heavy (non-hydrogen) atoms. The molecule has 1 rings (SSSR count). The van der Waals surface area contributed by atoms with Crippen molar-refractivity contribution < 1.29 is 0 Å². The van der Waals surface area contributed by atoms with Crippen LogP contribution in [0.25, 0.3) is 0 Å². The molecule has 0 heterocycles. The molecule has 0 aromatic carbocycles. The summed E-state index contributed by atoms with van der Waals surface area (Å²) in [6.07, 6.45) is 3.42. The van der Waals surface area contributed by atoms with Gasteiger partial charge in [-0.25, -0.2) is 0 Å². The molecule has 0 saturated heterocycles. The van der Waals surface area contributed by atoms with E-state index in [1.165, 1.54) is 6.42 Å². The fraction of sp³-hybridized carbons (Fsp3) is 1.00. The van der Waals surface area contributed by atoms with Crippen molar-refractivity contribution in [2.45, 2.75) is 30.0 Å². The van der Waals surface area contributed by atoms with Crippen LogP contribution in [-0.4, -0.2) is 10.8 Å². The first-order chi connectivity index (χ1) is 3.30. The van der Waals surface area contributed by atoms with E-state index in [9.17, 15) is 0 Å². The Kier molecular flexibility index (Phi) is 1.82. The molecule has 0 bridgehead atoms. The van der Waals surface area contributed by atoms with Crippen molar-refractivity contribution in [3.05, 3.63) is 0 Å². The Labute approximate surface area is 53.8 Å². The van der Waals surface area contributed by atoms with E-state index in [2.05, 4.69) is 0 Å². The molecule has 0 amide bonds. The zero-order valence-electron chi connectivity index (χ0n) is 4.03. The average Bonchev–Trinajstić information content (AvgIpc) is 1.91. The minimum Gasteiger partial charge on any atom is -0.121 e. The maximum absolute atomic E-state index is 5.73. The summed E-state index contributed by atoms with van der Waals surface area (Å²) in [6.45, 7) is 0. The van der Waals surface area contributed by atoms with E-state index in [4.69, 9.17) is 23.2 Å². The third-order valence-electron chi connectivity index (χ3n) is 1.35. The van der Waals surface area contributed by atoms with Crippen LogP contribution >= 0.6 is 23.2 Å². The summed E-state index contributed by atoms with van der Waals surface area (Å²) >= 11 is 11.5. The van der Waals surface area contributed by atoms with Gasteiger partial charge in [0, 0.05) is 10.8 Å². The van der Waals surface area contributed by atoms with Crippen molar-refractivity contribution in [3.8, 4) is 0 Å². The van der Waals surface area contributed by atoms with Gasteiger partial charge < -0.3 is 0 Å². The van der Waals surface area contributed by atoms with Gasteiger partial charge in [-0.2, -0.15) is 0 Å². The first-order valence-corrected chi connectivity index (χ1v) is 3.46. The van der Waals surface area contributed by atoms with Crippen LogP contribution in [0.5, 0.6) is 0 Å². The third kappa shape index (κ3) is 1.23. The van der Waals surface area contributed by atoms with E-state index in [-0.39, 0.29) is 10.8 Å². The molecule has 1 saturated carbocycles. The molecule has 2 atom stereocenters. The van der Waals surface area contributed by atoms with Gasteiger partial charge >= 0.3 is 0 Å². The second kappa shape index (κ2) is 2.23. The summed E-state index contributed by atoms with van der Waals surface area (Å²) in [5.74, 6) is 0. The molecular formula is C5H8Cl2. The van der Waals surface area contributed by atoms with Gasteiger partial charge in [0.15, 0.2) is 0 Å². The molecule has 1 aliphatic carbocycles. The maximum Gasteiger partial charge on any atom is 0.0499 e. The lowest BCUT2D eigenvalue weighted by atomic mass is 10.4. The van der Waals surface area contributed by atoms with Crippen LogP contribution in [0.2, 0.25) is 0 Å². The summed E-state index contributed by atoms with van der Waals surface area (Å²) in [7, 11) is 0. The van der Waals surface area contributed by atoms with Gasteiger partial charge in [-0.3, -0.25) is 0 Å². The number of hydrogen-bond donors (Lipinski definition) is 0. The summed E-state index contributed by atoms with van der Waals surface area (Å²) in [5.41, 5.74) is 0. The smallest absolute Gasteiger partial charge is 0.0499 e. The van der Waals surface area contributed by atoms with E-state index in [1.807, 2.05) is 0 Å². The van der Waals surface area contributed by atoms with Crippen molar-refractivity contribution >= 4 is 23.2 Å². The molecule has 0 radical (unpaired) electrons. The standard InChI is InChI=1S/C5H8Cl2/c6-4-2-1-3-5(4)7/h4-5H,1-3H2. The normalized spacial score (nSPS) is 42.0. The molecule has 0 aliphatic heterocycles. The Morgan fingerprint density at radius 1 is 1.00 bits per heavy atom. The number of halogens is 2. The van der Waals surface area contributed by atoms with Gasteiger partial charge in [0.1, 0.15) is 0 Å². The lowest BCUT2D eigenvalue weighted by Gasteiger charge is -1.99. The van der Waals surface area contributed by atoms with Crippen molar-refractivity contribution in [1.29, 1.82) is 0 Å². The van der Waals surface area contributed by atoms with Crippen LogP contribution in [0.15, 0.2) is 0 Å². The second-order valence-electron chi connectivity index (χ2n) is 1.96. The van der Waals surface area contributed by atoms with Gasteiger partial charge in [0.2, 0.25) is 0 Å². The fourth-order valence-corrected chi connectivity index (χ4v) is 1.43. The number of rotatable bonds is 0. The average molecular weight is 139 g/mol. The van der Waals surface area contributed by atoms with E-state index in [0.29, 0.717) is 0 Å². The molecule has 1 aliphatic rings. The number of alkyl halides is 2. The molecule has 0 nitrogen and oxygen atoms in total. The van der Waals surface area contributed by atoms with Crippen LogP contribution in [0, 0.1) is 0 Å². The van der Waals surface area contributed by atoms with Crippen LogP contribution in [0.4, 0.5) is 0 Å². The van der Waals surface area contributed by atoms with Crippen LogP contribution < -0.4 is 0 Å². The Morgan fingerprint density at radius 3 is 1.57 bits per heavy atom. The van der Waals surface area contributed by atoms with Gasteiger partial charge in [-0.05, 0) is 12.8 Å². The molecule has 1 fully saturated rings. The minimum atomic E-state index is 0.252. The summed E-state index contributed by atoms with van der Waals surface area (Å²) < 4.78 is 0. The van der Waals surface area contributed by atoms with E-state index in [1.54, 1.807) is 0 Å². The highest BCUT2D eigenvalue weighted by molar-refractivity contribution is 6.30. The molecule has 0 aromatic heterocycles. The maximum atomic E-state index is 5.73. The highest BCUT2D eigenvalue weighted by Crippen LogP contribution is 2.27. The first-order valence-electron chi connectivity index (χ1n) is 2.59. The van der Waals surface area contributed by atoms with Gasteiger partial charge in [0.05, 0.1) is 0 Å². The van der Waals surface area contributed by atoms with Crippen molar-refractivity contribution in [2.75, 3.05) is 0 Å². The van der Waals surface area contributed by atoms with Crippen molar-refractivity contribution in [2.24, 2.45) is 0 Å². The van der Waals surface area contributed by atoms with Crippen LogP contribution in [-0.2, 0) is 0 Å². The minimum absolute atomic E-state index is 0.252. The predicted molar refractivity (Wildman–Crippen MR) is 33.1 cm³/mol. The molecular weight excluding hydrogens is 131 g/mol. The van der Waals surface area contributed by atoms with Gasteiger partial charge in [-0.1, -0.05) is 6.42 Å². The molecule has 42 valence electrons. The zero-order chi connectivity index (χ0) is 5.28. The van der Waals surface area contributed by atoms with Crippen LogP contribution in [0.1, 0.15) is 19.3 Å². The van der Waals surface area contributed by atoms with E-state index < -0.39 is 0 Å². The van der Waals surface area contributed by atoms with E-state index in [0.717, 1.165) is 12.8 Å². The third-order valence-corrected chi connectivity index (χ3v) is 2.53. The Hall–Kier alpha value is 0.580. The summed E-state index contributed by atoms with van der Waals surface area (Å²) in [5, 5.41) is 0.503. The van der Waals surface area contributed by atoms with E-state index >= 15 is 0 Å².